The molecule has 2 aliphatic heterocycles. The Labute approximate surface area is 234 Å². The molecule has 0 saturated carbocycles. The maximum atomic E-state index is 13.5. The molecule has 2 aromatic carbocycles. The average Bonchev–Trinajstić information content (AvgIpc) is 3.45. The Kier molecular flexibility index (Phi) is 8.05. The molecule has 1 N–H and O–H groups in total. The summed E-state index contributed by atoms with van der Waals surface area (Å²) in [5.41, 5.74) is 2.84. The molecule has 3 heterocycles. The summed E-state index contributed by atoms with van der Waals surface area (Å²) in [6, 6.07) is 13.5. The molecule has 5 rings (SSSR count). The lowest BCUT2D eigenvalue weighted by Gasteiger charge is -2.26. The summed E-state index contributed by atoms with van der Waals surface area (Å²) < 4.78 is 17.7. The number of carbonyl (C=O) groups excluding carboxylic acids is 2. The van der Waals surface area contributed by atoms with E-state index in [0.29, 0.717) is 42.3 Å². The van der Waals surface area contributed by atoms with Gasteiger partial charge in [0.25, 0.3) is 11.7 Å². The number of pyridine rings is 1. The van der Waals surface area contributed by atoms with Gasteiger partial charge in [-0.1, -0.05) is 25.5 Å². The first-order valence-electron chi connectivity index (χ1n) is 13.8. The van der Waals surface area contributed by atoms with E-state index < -0.39 is 17.7 Å². The molecule has 0 spiro atoms. The Morgan fingerprint density at radius 1 is 1.10 bits per heavy atom. The molecule has 1 fully saturated rings. The number of unbranched alkanes of at least 4 members (excludes halogenated alkanes) is 1. The predicted molar refractivity (Wildman–Crippen MR) is 150 cm³/mol. The first-order valence-corrected chi connectivity index (χ1v) is 13.8. The molecule has 8 heteroatoms. The zero-order valence-electron chi connectivity index (χ0n) is 23.1. The number of ether oxygens (including phenoxy) is 3. The van der Waals surface area contributed by atoms with Crippen LogP contribution in [0.4, 0.5) is 0 Å². The van der Waals surface area contributed by atoms with Gasteiger partial charge in [-0.2, -0.15) is 0 Å². The summed E-state index contributed by atoms with van der Waals surface area (Å²) in [7, 11) is 0. The number of benzene rings is 2. The fraction of sp³-hybridized carbons (Fsp3) is 0.344. The van der Waals surface area contributed by atoms with Gasteiger partial charge in [0.05, 0.1) is 24.8 Å². The Bertz CT molecular complexity index is 1430. The summed E-state index contributed by atoms with van der Waals surface area (Å²) in [5, 5.41) is 11.6. The normalized spacial score (nSPS) is 19.4. The molecule has 40 heavy (non-hydrogen) atoms. The molecule has 3 aromatic rings. The van der Waals surface area contributed by atoms with E-state index in [0.717, 1.165) is 29.7 Å². The van der Waals surface area contributed by atoms with Crippen molar-refractivity contribution in [1.82, 2.24) is 9.88 Å². The number of hydrogen-bond acceptors (Lipinski definition) is 7. The number of aliphatic hydroxyl groups excluding tert-OH is 1. The summed E-state index contributed by atoms with van der Waals surface area (Å²) in [6.45, 7) is 7.07. The van der Waals surface area contributed by atoms with Gasteiger partial charge in [-0.3, -0.25) is 14.6 Å². The van der Waals surface area contributed by atoms with Gasteiger partial charge >= 0.3 is 0 Å². The van der Waals surface area contributed by atoms with Crippen molar-refractivity contribution < 1.29 is 28.9 Å². The second-order valence-electron chi connectivity index (χ2n) is 10.1. The summed E-state index contributed by atoms with van der Waals surface area (Å²) >= 11 is 0. The number of carbonyl (C=O) groups is 2. The van der Waals surface area contributed by atoms with Crippen LogP contribution in [0.2, 0.25) is 0 Å². The molecule has 2 atom stereocenters. The van der Waals surface area contributed by atoms with Gasteiger partial charge in [0.1, 0.15) is 17.6 Å². The van der Waals surface area contributed by atoms with Gasteiger partial charge in [-0.15, -0.1) is 0 Å². The Balaban J connectivity index is 1.61. The number of rotatable bonds is 10. The number of aliphatic hydroxyl groups is 1. The molecule has 2 unspecified atom stereocenters. The largest absolute Gasteiger partial charge is 0.507 e. The molecule has 1 amide bonds. The van der Waals surface area contributed by atoms with Gasteiger partial charge in [-0.05, 0) is 73.4 Å². The zero-order chi connectivity index (χ0) is 28.2. The number of nitrogens with zero attached hydrogens (tertiary/aromatic N) is 2. The van der Waals surface area contributed by atoms with Crippen molar-refractivity contribution in [1.29, 1.82) is 0 Å². The van der Waals surface area contributed by atoms with E-state index in [1.54, 1.807) is 42.7 Å². The third kappa shape index (κ3) is 5.39. The highest BCUT2D eigenvalue weighted by Crippen LogP contribution is 2.43. The number of amides is 1. The van der Waals surface area contributed by atoms with Gasteiger partial charge in [-0.25, -0.2) is 0 Å². The van der Waals surface area contributed by atoms with Crippen LogP contribution in [0.15, 0.2) is 66.5 Å². The average molecular weight is 543 g/mol. The van der Waals surface area contributed by atoms with Crippen LogP contribution in [0.25, 0.3) is 5.76 Å². The second kappa shape index (κ2) is 11.8. The lowest BCUT2D eigenvalue weighted by Crippen LogP contribution is -2.29. The minimum atomic E-state index is -0.840. The lowest BCUT2D eigenvalue weighted by molar-refractivity contribution is -0.140. The molecule has 1 saturated heterocycles. The lowest BCUT2D eigenvalue weighted by atomic mass is 9.94. The third-order valence-electron chi connectivity index (χ3n) is 7.12. The van der Waals surface area contributed by atoms with Gasteiger partial charge in [0.2, 0.25) is 0 Å². The maximum Gasteiger partial charge on any atom is 0.295 e. The zero-order valence-corrected chi connectivity index (χ0v) is 23.1. The highest BCUT2D eigenvalue weighted by atomic mass is 16.5. The second-order valence-corrected chi connectivity index (χ2v) is 10.1. The van der Waals surface area contributed by atoms with Crippen molar-refractivity contribution in [3.8, 4) is 17.2 Å². The number of aromatic nitrogens is 1. The van der Waals surface area contributed by atoms with Crippen molar-refractivity contribution in [2.45, 2.75) is 58.7 Å². The smallest absolute Gasteiger partial charge is 0.295 e. The van der Waals surface area contributed by atoms with Gasteiger partial charge in [0.15, 0.2) is 11.5 Å². The highest BCUT2D eigenvalue weighted by molar-refractivity contribution is 6.46. The summed E-state index contributed by atoms with van der Waals surface area (Å²) in [6.07, 6.45) is 5.95. The van der Waals surface area contributed by atoms with E-state index in [4.69, 9.17) is 14.2 Å². The monoisotopic (exact) mass is 542 g/mol. The number of likely N-dealkylation sites (tertiary alicyclic amines) is 1. The molecule has 2 aliphatic rings. The van der Waals surface area contributed by atoms with Crippen LogP contribution in [-0.2, 0) is 22.6 Å². The molecule has 0 aliphatic carbocycles. The van der Waals surface area contributed by atoms with Crippen LogP contribution in [0.3, 0.4) is 0 Å². The Morgan fingerprint density at radius 2 is 1.95 bits per heavy atom. The third-order valence-corrected chi connectivity index (χ3v) is 7.12. The topological polar surface area (TPSA) is 98.2 Å². The molecule has 0 radical (unpaired) electrons. The number of Topliss-reactive ketones (excluding diaryl/α,β-unsaturated/α-hetero) is 1. The van der Waals surface area contributed by atoms with Crippen molar-refractivity contribution >= 4 is 17.4 Å². The van der Waals surface area contributed by atoms with E-state index >= 15 is 0 Å². The Hall–Kier alpha value is -4.33. The quantitative estimate of drug-likeness (QED) is 0.154. The van der Waals surface area contributed by atoms with Gasteiger partial charge < -0.3 is 24.2 Å². The standard InChI is InChI=1S/C32H34N2O6/c1-4-6-14-39-26-12-9-22(17-27(26)38-5-2)29-28(30(35)23-10-11-25-24(16-23)15-20(3)40-25)31(36)32(37)34(29)19-21-8-7-13-33-18-21/h7-13,16-18,20,29,35H,4-6,14-15,19H2,1-3H3/b30-28+. The van der Waals surface area contributed by atoms with Crippen LogP contribution in [0, 0.1) is 0 Å². The van der Waals surface area contributed by atoms with E-state index in [2.05, 4.69) is 11.9 Å². The molecular weight excluding hydrogens is 508 g/mol. The number of ketones is 1. The van der Waals surface area contributed by atoms with Crippen LogP contribution in [0.5, 0.6) is 17.2 Å². The van der Waals surface area contributed by atoms with Crippen LogP contribution in [0.1, 0.15) is 61.9 Å². The van der Waals surface area contributed by atoms with E-state index in [9.17, 15) is 14.7 Å². The van der Waals surface area contributed by atoms with Gasteiger partial charge in [0, 0.05) is 30.9 Å². The molecule has 208 valence electrons. The molecule has 0 bridgehead atoms. The van der Waals surface area contributed by atoms with Crippen molar-refractivity contribution in [2.75, 3.05) is 13.2 Å². The fourth-order valence-electron chi connectivity index (χ4n) is 5.21. The van der Waals surface area contributed by atoms with E-state index in [-0.39, 0.29) is 24.0 Å². The minimum absolute atomic E-state index is 0.0305. The molecular formula is C32H34N2O6. The first kappa shape index (κ1) is 27.2. The summed E-state index contributed by atoms with van der Waals surface area (Å²) in [4.78, 5) is 32.6. The maximum absolute atomic E-state index is 13.5. The predicted octanol–water partition coefficient (Wildman–Crippen LogP) is 5.60. The van der Waals surface area contributed by atoms with Crippen LogP contribution in [-0.4, -0.2) is 46.0 Å². The highest BCUT2D eigenvalue weighted by Gasteiger charge is 2.46. The summed E-state index contributed by atoms with van der Waals surface area (Å²) in [5.74, 6) is 0.230. The minimum Gasteiger partial charge on any atom is -0.507 e. The van der Waals surface area contributed by atoms with E-state index in [1.807, 2.05) is 32.0 Å². The Morgan fingerprint density at radius 3 is 2.70 bits per heavy atom. The first-order chi connectivity index (χ1) is 19.4. The SMILES string of the molecule is CCCCOc1ccc(C2/C(=C(\O)c3ccc4c(c3)CC(C)O4)C(=O)C(=O)N2Cc2cccnc2)cc1OCC. The van der Waals surface area contributed by atoms with E-state index in [1.165, 1.54) is 4.90 Å². The van der Waals surface area contributed by atoms with Crippen molar-refractivity contribution in [2.24, 2.45) is 0 Å². The molecule has 8 nitrogen and oxygen atoms in total. The van der Waals surface area contributed by atoms with Crippen molar-refractivity contribution in [3.63, 3.8) is 0 Å². The van der Waals surface area contributed by atoms with Crippen LogP contribution >= 0.6 is 0 Å². The van der Waals surface area contributed by atoms with Crippen molar-refractivity contribution in [3.05, 3.63) is 88.8 Å². The molecule has 1 aromatic heterocycles. The number of fused-ring (bicyclic) bond motifs is 1. The fourth-order valence-corrected chi connectivity index (χ4v) is 5.21. The number of hydrogen-bond donors (Lipinski definition) is 1. The van der Waals surface area contributed by atoms with Crippen LogP contribution < -0.4 is 14.2 Å².